The summed E-state index contributed by atoms with van der Waals surface area (Å²) in [6, 6.07) is 16.8. The van der Waals surface area contributed by atoms with Crippen LogP contribution in [0.2, 0.25) is 0 Å². The van der Waals surface area contributed by atoms with Crippen molar-refractivity contribution in [2.45, 2.75) is 5.92 Å². The van der Waals surface area contributed by atoms with Crippen LogP contribution in [0.15, 0.2) is 88.6 Å². The molecule has 0 spiro atoms. The lowest BCUT2D eigenvalue weighted by atomic mass is 9.85. The third-order valence-corrected chi connectivity index (χ3v) is 6.08. The highest BCUT2D eigenvalue weighted by molar-refractivity contribution is 5.86. The fourth-order valence-electron chi connectivity index (χ4n) is 4.53. The van der Waals surface area contributed by atoms with Gasteiger partial charge < -0.3 is 9.15 Å². The van der Waals surface area contributed by atoms with Gasteiger partial charge in [-0.15, -0.1) is 5.10 Å². The summed E-state index contributed by atoms with van der Waals surface area (Å²) in [7, 11) is 0. The number of para-hydroxylation sites is 1. The number of hydrogen-bond donors (Lipinski definition) is 0. The molecule has 0 amide bonds. The SMILES string of the molecule is O=c1oc2ccccc2c2c1C(c1cccnc1)c1c(ncn3nc(-c4ccc(F)cc4)nc13)O2. The summed E-state index contributed by atoms with van der Waals surface area (Å²) in [4.78, 5) is 26.8. The van der Waals surface area contributed by atoms with Crippen molar-refractivity contribution in [3.63, 3.8) is 0 Å². The first-order chi connectivity index (χ1) is 17.2. The minimum Gasteiger partial charge on any atom is -0.437 e. The molecule has 0 fully saturated rings. The van der Waals surface area contributed by atoms with E-state index in [0.29, 0.717) is 50.8 Å². The number of rotatable bonds is 2. The minimum atomic E-state index is -0.607. The van der Waals surface area contributed by atoms with Crippen LogP contribution in [-0.2, 0) is 0 Å². The van der Waals surface area contributed by atoms with Gasteiger partial charge in [0.15, 0.2) is 17.2 Å². The Morgan fingerprint density at radius 3 is 2.66 bits per heavy atom. The van der Waals surface area contributed by atoms with Crippen molar-refractivity contribution < 1.29 is 13.5 Å². The zero-order valence-electron chi connectivity index (χ0n) is 17.9. The highest BCUT2D eigenvalue weighted by Crippen LogP contribution is 2.48. The molecule has 4 aromatic heterocycles. The smallest absolute Gasteiger partial charge is 0.344 e. The Hall–Kier alpha value is -4.92. The lowest BCUT2D eigenvalue weighted by Gasteiger charge is -2.27. The Bertz CT molecular complexity index is 1810. The maximum Gasteiger partial charge on any atom is 0.344 e. The summed E-state index contributed by atoms with van der Waals surface area (Å²) >= 11 is 0. The quantitative estimate of drug-likeness (QED) is 0.343. The average Bonchev–Trinajstić information content (AvgIpc) is 3.33. The summed E-state index contributed by atoms with van der Waals surface area (Å²) in [6.45, 7) is 0. The largest absolute Gasteiger partial charge is 0.437 e. The third kappa shape index (κ3) is 2.95. The molecule has 8 nitrogen and oxygen atoms in total. The average molecular weight is 463 g/mol. The van der Waals surface area contributed by atoms with Crippen LogP contribution < -0.4 is 10.4 Å². The number of nitrogens with zero attached hydrogens (tertiary/aromatic N) is 5. The molecular formula is C26H14FN5O3. The van der Waals surface area contributed by atoms with Gasteiger partial charge in [0.05, 0.1) is 22.4 Å². The Morgan fingerprint density at radius 1 is 0.971 bits per heavy atom. The van der Waals surface area contributed by atoms with Crippen molar-refractivity contribution in [1.82, 2.24) is 24.6 Å². The van der Waals surface area contributed by atoms with Gasteiger partial charge in [0.1, 0.15) is 17.7 Å². The zero-order valence-corrected chi connectivity index (χ0v) is 17.9. The van der Waals surface area contributed by atoms with Crippen LogP contribution in [0.5, 0.6) is 11.6 Å². The summed E-state index contributed by atoms with van der Waals surface area (Å²) in [6.07, 6.45) is 4.86. The molecule has 9 heteroatoms. The molecule has 168 valence electrons. The van der Waals surface area contributed by atoms with E-state index < -0.39 is 11.5 Å². The van der Waals surface area contributed by atoms with Crippen molar-refractivity contribution in [2.24, 2.45) is 0 Å². The summed E-state index contributed by atoms with van der Waals surface area (Å²) in [5.74, 6) is 0.143. The normalized spacial score (nSPS) is 14.5. The number of pyridine rings is 1. The molecule has 7 rings (SSSR count). The van der Waals surface area contributed by atoms with E-state index in [1.54, 1.807) is 42.7 Å². The monoisotopic (exact) mass is 463 g/mol. The fraction of sp³-hybridized carbons (Fsp3) is 0.0385. The molecule has 1 atom stereocenters. The summed E-state index contributed by atoms with van der Waals surface area (Å²) < 4.78 is 26.9. The predicted octanol–water partition coefficient (Wildman–Crippen LogP) is 4.72. The molecule has 0 radical (unpaired) electrons. The molecule has 0 aliphatic carbocycles. The van der Waals surface area contributed by atoms with E-state index in [0.717, 1.165) is 5.56 Å². The lowest BCUT2D eigenvalue weighted by molar-refractivity contribution is 0.422. The van der Waals surface area contributed by atoms with E-state index in [1.807, 2.05) is 18.2 Å². The van der Waals surface area contributed by atoms with Gasteiger partial charge in [-0.05, 0) is 48.0 Å². The standard InChI is InChI=1S/C26H14FN5O3/c27-16-9-7-14(8-10-16)23-30-24-21-19(15-4-3-11-28-12-15)20-22(35-25(21)29-13-32(24)31-23)17-5-1-2-6-18(17)34-26(20)33/h1-13,19H. The second kappa shape index (κ2) is 7.29. The number of halogens is 1. The van der Waals surface area contributed by atoms with Crippen LogP contribution in [0.3, 0.4) is 0 Å². The Balaban J connectivity index is 1.54. The van der Waals surface area contributed by atoms with E-state index >= 15 is 0 Å². The van der Waals surface area contributed by atoms with Crippen LogP contribution in [0.4, 0.5) is 4.39 Å². The fourth-order valence-corrected chi connectivity index (χ4v) is 4.53. The second-order valence-electron chi connectivity index (χ2n) is 8.12. The maximum atomic E-state index is 13.4. The molecule has 2 aromatic carbocycles. The second-order valence-corrected chi connectivity index (χ2v) is 8.12. The van der Waals surface area contributed by atoms with E-state index in [-0.39, 0.29) is 5.82 Å². The van der Waals surface area contributed by atoms with Gasteiger partial charge >= 0.3 is 5.63 Å². The number of benzene rings is 2. The number of hydrogen-bond acceptors (Lipinski definition) is 7. The maximum absolute atomic E-state index is 13.4. The molecule has 1 aliphatic rings. The van der Waals surface area contributed by atoms with Gasteiger partial charge in [0, 0.05) is 18.0 Å². The first-order valence-corrected chi connectivity index (χ1v) is 10.8. The molecule has 35 heavy (non-hydrogen) atoms. The van der Waals surface area contributed by atoms with Gasteiger partial charge in [-0.1, -0.05) is 18.2 Å². The van der Waals surface area contributed by atoms with Crippen molar-refractivity contribution in [2.75, 3.05) is 0 Å². The number of fused-ring (bicyclic) bond motifs is 6. The Morgan fingerprint density at radius 2 is 1.83 bits per heavy atom. The van der Waals surface area contributed by atoms with Gasteiger partial charge in [-0.2, -0.15) is 0 Å². The van der Waals surface area contributed by atoms with Crippen molar-refractivity contribution >= 4 is 16.6 Å². The van der Waals surface area contributed by atoms with Crippen LogP contribution in [-0.4, -0.2) is 24.6 Å². The van der Waals surface area contributed by atoms with Gasteiger partial charge in [0.2, 0.25) is 5.88 Å². The summed E-state index contributed by atoms with van der Waals surface area (Å²) in [5.41, 5.74) is 2.67. The highest BCUT2D eigenvalue weighted by Gasteiger charge is 2.37. The topological polar surface area (TPSA) is 95.4 Å². The Kier molecular flexibility index (Phi) is 4.07. The van der Waals surface area contributed by atoms with Crippen molar-refractivity contribution in [1.29, 1.82) is 0 Å². The van der Waals surface area contributed by atoms with Crippen LogP contribution in [0.25, 0.3) is 28.0 Å². The molecule has 6 aromatic rings. The molecule has 0 N–H and O–H groups in total. The molecule has 0 saturated carbocycles. The van der Waals surface area contributed by atoms with Crippen molar-refractivity contribution in [3.8, 4) is 23.0 Å². The van der Waals surface area contributed by atoms with Gasteiger partial charge in [-0.3, -0.25) is 4.98 Å². The van der Waals surface area contributed by atoms with Crippen LogP contribution >= 0.6 is 0 Å². The van der Waals surface area contributed by atoms with E-state index in [9.17, 15) is 9.18 Å². The Labute approximate surface area is 196 Å². The molecule has 1 unspecified atom stereocenters. The molecule has 5 heterocycles. The lowest BCUT2D eigenvalue weighted by Crippen LogP contribution is -2.22. The third-order valence-electron chi connectivity index (χ3n) is 6.08. The van der Waals surface area contributed by atoms with Gasteiger partial charge in [0.25, 0.3) is 0 Å². The van der Waals surface area contributed by atoms with Gasteiger partial charge in [-0.25, -0.2) is 23.7 Å². The van der Waals surface area contributed by atoms with Crippen LogP contribution in [0, 0.1) is 5.82 Å². The van der Waals surface area contributed by atoms with Crippen LogP contribution in [0.1, 0.15) is 22.6 Å². The molecule has 0 bridgehead atoms. The number of aromatic nitrogens is 5. The van der Waals surface area contributed by atoms with E-state index in [4.69, 9.17) is 14.1 Å². The zero-order chi connectivity index (χ0) is 23.5. The first-order valence-electron chi connectivity index (χ1n) is 10.8. The first kappa shape index (κ1) is 19.5. The number of ether oxygens (including phenoxy) is 1. The minimum absolute atomic E-state index is 0.313. The van der Waals surface area contributed by atoms with E-state index in [1.165, 1.54) is 23.0 Å². The van der Waals surface area contributed by atoms with E-state index in [2.05, 4.69) is 15.1 Å². The molecule has 0 saturated heterocycles. The van der Waals surface area contributed by atoms with Crippen molar-refractivity contribution in [3.05, 3.63) is 112 Å². The molecule has 1 aliphatic heterocycles. The highest BCUT2D eigenvalue weighted by atomic mass is 19.1. The molecular weight excluding hydrogens is 449 g/mol. The summed E-state index contributed by atoms with van der Waals surface area (Å²) in [5, 5.41) is 5.19. The predicted molar refractivity (Wildman–Crippen MR) is 124 cm³/mol.